The third-order valence-electron chi connectivity index (χ3n) is 1.86. The van der Waals surface area contributed by atoms with Crippen LogP contribution in [0.2, 0.25) is 0 Å². The Kier molecular flexibility index (Phi) is 5.30. The second kappa shape index (κ2) is 7.05. The molecule has 0 aromatic heterocycles. The van der Waals surface area contributed by atoms with Crippen LogP contribution >= 0.6 is 0 Å². The smallest absolute Gasteiger partial charge is 0.313 e. The Morgan fingerprint density at radius 1 is 1.24 bits per heavy atom. The Hall–Kier alpha value is -2.30. The van der Waals surface area contributed by atoms with Crippen molar-refractivity contribution in [3.05, 3.63) is 43.2 Å². The van der Waals surface area contributed by atoms with E-state index in [1.807, 2.05) is 6.07 Å². The van der Waals surface area contributed by atoms with E-state index in [2.05, 4.69) is 17.2 Å². The van der Waals surface area contributed by atoms with Crippen molar-refractivity contribution in [1.29, 1.82) is 0 Å². The molecule has 17 heavy (non-hydrogen) atoms. The van der Waals surface area contributed by atoms with Crippen LogP contribution in [0, 0.1) is 0 Å². The second-order valence-electron chi connectivity index (χ2n) is 3.11. The van der Waals surface area contributed by atoms with E-state index in [0.717, 1.165) is 0 Å². The molecule has 0 saturated carbocycles. The van der Waals surface area contributed by atoms with E-state index in [1.165, 1.54) is 6.26 Å². The van der Waals surface area contributed by atoms with Crippen molar-refractivity contribution < 1.29 is 14.3 Å². The van der Waals surface area contributed by atoms with Crippen molar-refractivity contribution >= 4 is 17.5 Å². The van der Waals surface area contributed by atoms with Crippen molar-refractivity contribution in [2.45, 2.75) is 0 Å². The van der Waals surface area contributed by atoms with Gasteiger partial charge in [-0.05, 0) is 12.1 Å². The van der Waals surface area contributed by atoms with E-state index in [1.54, 1.807) is 24.3 Å². The van der Waals surface area contributed by atoms with E-state index in [4.69, 9.17) is 4.74 Å². The van der Waals surface area contributed by atoms with Gasteiger partial charge < -0.3 is 15.4 Å². The Balaban J connectivity index is 2.32. The summed E-state index contributed by atoms with van der Waals surface area (Å²) in [6.45, 7) is 3.90. The molecule has 2 N–H and O–H groups in total. The highest BCUT2D eigenvalue weighted by atomic mass is 16.5. The van der Waals surface area contributed by atoms with Gasteiger partial charge in [-0.25, -0.2) is 0 Å². The number of benzene rings is 1. The summed E-state index contributed by atoms with van der Waals surface area (Å²) in [6, 6.07) is 8.76. The van der Waals surface area contributed by atoms with Crippen LogP contribution < -0.4 is 10.6 Å². The lowest BCUT2D eigenvalue weighted by atomic mass is 10.3. The molecular weight excluding hydrogens is 220 g/mol. The summed E-state index contributed by atoms with van der Waals surface area (Å²) >= 11 is 0. The lowest BCUT2D eigenvalue weighted by Gasteiger charge is -2.05. The van der Waals surface area contributed by atoms with Crippen LogP contribution in [0.5, 0.6) is 0 Å². The Bertz CT molecular complexity index is 390. The van der Waals surface area contributed by atoms with E-state index < -0.39 is 11.8 Å². The number of nitrogens with one attached hydrogen (secondary N) is 2. The summed E-state index contributed by atoms with van der Waals surface area (Å²) in [5.41, 5.74) is 0.579. The van der Waals surface area contributed by atoms with Crippen molar-refractivity contribution in [1.82, 2.24) is 5.32 Å². The number of anilines is 1. The second-order valence-corrected chi connectivity index (χ2v) is 3.11. The minimum Gasteiger partial charge on any atom is -0.500 e. The molecule has 0 bridgehead atoms. The summed E-state index contributed by atoms with van der Waals surface area (Å²) in [5.74, 6) is -1.39. The summed E-state index contributed by atoms with van der Waals surface area (Å²) in [6.07, 6.45) is 1.27. The fraction of sp³-hybridized carbons (Fsp3) is 0.167. The molecule has 2 amide bonds. The fourth-order valence-electron chi connectivity index (χ4n) is 1.10. The molecule has 1 rings (SSSR count). The summed E-state index contributed by atoms with van der Waals surface area (Å²) < 4.78 is 4.80. The maximum absolute atomic E-state index is 11.4. The van der Waals surface area contributed by atoms with Crippen LogP contribution in [-0.2, 0) is 14.3 Å². The molecule has 5 nitrogen and oxygen atoms in total. The molecule has 5 heteroatoms. The van der Waals surface area contributed by atoms with Gasteiger partial charge in [0.15, 0.2) is 0 Å². The fourth-order valence-corrected chi connectivity index (χ4v) is 1.10. The Morgan fingerprint density at radius 3 is 2.59 bits per heavy atom. The zero-order valence-corrected chi connectivity index (χ0v) is 9.31. The first-order valence-electron chi connectivity index (χ1n) is 5.11. The van der Waals surface area contributed by atoms with Gasteiger partial charge in [0.2, 0.25) is 0 Å². The normalized spacial score (nSPS) is 9.18. The van der Waals surface area contributed by atoms with E-state index in [-0.39, 0.29) is 13.2 Å². The van der Waals surface area contributed by atoms with Gasteiger partial charge in [0, 0.05) is 5.69 Å². The molecule has 1 aromatic rings. The predicted octanol–water partition coefficient (Wildman–Crippen LogP) is 0.901. The number of carbonyl (C=O) groups excluding carboxylic acids is 2. The third kappa shape index (κ3) is 4.83. The molecule has 0 spiro atoms. The van der Waals surface area contributed by atoms with Crippen LogP contribution in [0.15, 0.2) is 43.2 Å². The van der Waals surface area contributed by atoms with Gasteiger partial charge in [-0.1, -0.05) is 24.8 Å². The molecule has 0 aliphatic heterocycles. The van der Waals surface area contributed by atoms with Gasteiger partial charge in [0.25, 0.3) is 0 Å². The number of hydrogen-bond donors (Lipinski definition) is 2. The number of rotatable bonds is 5. The maximum atomic E-state index is 11.4. The summed E-state index contributed by atoms with van der Waals surface area (Å²) in [4.78, 5) is 22.7. The van der Waals surface area contributed by atoms with E-state index in [9.17, 15) is 9.59 Å². The molecule has 0 fully saturated rings. The molecule has 0 saturated heterocycles. The highest BCUT2D eigenvalue weighted by molar-refractivity contribution is 6.39. The molecule has 0 unspecified atom stereocenters. The zero-order chi connectivity index (χ0) is 12.5. The zero-order valence-electron chi connectivity index (χ0n) is 9.31. The van der Waals surface area contributed by atoms with Crippen LogP contribution in [0.1, 0.15) is 0 Å². The predicted molar refractivity (Wildman–Crippen MR) is 64.2 cm³/mol. The van der Waals surface area contributed by atoms with Crippen LogP contribution in [-0.4, -0.2) is 25.0 Å². The molecule has 1 aromatic carbocycles. The summed E-state index contributed by atoms with van der Waals surface area (Å²) in [7, 11) is 0. The molecule has 0 heterocycles. The largest absolute Gasteiger partial charge is 0.500 e. The Morgan fingerprint density at radius 2 is 1.94 bits per heavy atom. The van der Waals surface area contributed by atoms with Crippen molar-refractivity contribution in [3.8, 4) is 0 Å². The van der Waals surface area contributed by atoms with E-state index >= 15 is 0 Å². The molecular formula is C12H14N2O3. The van der Waals surface area contributed by atoms with Gasteiger partial charge in [-0.15, -0.1) is 0 Å². The van der Waals surface area contributed by atoms with Gasteiger partial charge in [-0.2, -0.15) is 0 Å². The highest BCUT2D eigenvalue weighted by Gasteiger charge is 2.12. The van der Waals surface area contributed by atoms with Crippen molar-refractivity contribution in [2.24, 2.45) is 0 Å². The topological polar surface area (TPSA) is 67.4 Å². The van der Waals surface area contributed by atoms with Gasteiger partial charge in [0.1, 0.15) is 6.61 Å². The Labute approximate surface area is 99.5 Å². The van der Waals surface area contributed by atoms with Gasteiger partial charge >= 0.3 is 11.8 Å². The van der Waals surface area contributed by atoms with Crippen LogP contribution in [0.4, 0.5) is 5.69 Å². The minimum absolute atomic E-state index is 0.257. The third-order valence-corrected chi connectivity index (χ3v) is 1.86. The lowest BCUT2D eigenvalue weighted by molar-refractivity contribution is -0.136. The SMILES string of the molecule is C=COCCNC(=O)C(=O)Nc1ccccc1. The average Bonchev–Trinajstić information content (AvgIpc) is 2.35. The van der Waals surface area contributed by atoms with Crippen molar-refractivity contribution in [2.75, 3.05) is 18.5 Å². The van der Waals surface area contributed by atoms with Crippen LogP contribution in [0.3, 0.4) is 0 Å². The number of carbonyl (C=O) groups is 2. The number of ether oxygens (including phenoxy) is 1. The first-order valence-corrected chi connectivity index (χ1v) is 5.11. The lowest BCUT2D eigenvalue weighted by Crippen LogP contribution is -2.37. The quantitative estimate of drug-likeness (QED) is 0.452. The van der Waals surface area contributed by atoms with Gasteiger partial charge in [0.05, 0.1) is 12.8 Å². The monoisotopic (exact) mass is 234 g/mol. The first kappa shape index (κ1) is 12.8. The molecule has 0 radical (unpaired) electrons. The molecule has 0 aliphatic carbocycles. The van der Waals surface area contributed by atoms with E-state index in [0.29, 0.717) is 5.69 Å². The van der Waals surface area contributed by atoms with Crippen LogP contribution in [0.25, 0.3) is 0 Å². The summed E-state index contributed by atoms with van der Waals surface area (Å²) in [5, 5.41) is 4.88. The maximum Gasteiger partial charge on any atom is 0.313 e. The molecule has 90 valence electrons. The molecule has 0 atom stereocenters. The average molecular weight is 234 g/mol. The minimum atomic E-state index is -0.699. The number of amides is 2. The standard InChI is InChI=1S/C12H14N2O3/c1-2-17-9-8-13-11(15)12(16)14-10-6-4-3-5-7-10/h2-7H,1,8-9H2,(H,13,15)(H,14,16). The molecule has 0 aliphatic rings. The number of hydrogen-bond acceptors (Lipinski definition) is 3. The number of para-hydroxylation sites is 1. The van der Waals surface area contributed by atoms with Crippen molar-refractivity contribution in [3.63, 3.8) is 0 Å². The highest BCUT2D eigenvalue weighted by Crippen LogP contribution is 2.04. The van der Waals surface area contributed by atoms with Gasteiger partial charge in [-0.3, -0.25) is 9.59 Å². The first-order chi connectivity index (χ1) is 8.24.